The van der Waals surface area contributed by atoms with Crippen molar-refractivity contribution in [2.45, 2.75) is 51.5 Å². The van der Waals surface area contributed by atoms with Crippen molar-refractivity contribution in [3.8, 4) is 5.75 Å². The van der Waals surface area contributed by atoms with Gasteiger partial charge in [0, 0.05) is 12.1 Å². The van der Waals surface area contributed by atoms with Gasteiger partial charge < -0.3 is 19.5 Å². The second-order valence-corrected chi connectivity index (χ2v) is 11.7. The van der Waals surface area contributed by atoms with Crippen LogP contribution in [0.2, 0.25) is 5.02 Å². The molecule has 3 heterocycles. The molecule has 0 bridgehead atoms. The Labute approximate surface area is 244 Å². The van der Waals surface area contributed by atoms with Crippen LogP contribution in [-0.2, 0) is 14.3 Å². The molecule has 2 unspecified atom stereocenters. The summed E-state index contributed by atoms with van der Waals surface area (Å²) in [5.74, 6) is 1.52. The predicted octanol–water partition coefficient (Wildman–Crippen LogP) is 5.36. The summed E-state index contributed by atoms with van der Waals surface area (Å²) in [6.45, 7) is 7.63. The van der Waals surface area contributed by atoms with Crippen LogP contribution in [0.3, 0.4) is 0 Å². The minimum atomic E-state index is -1.03. The van der Waals surface area contributed by atoms with Crippen molar-refractivity contribution in [1.29, 1.82) is 0 Å². The maximum atomic E-state index is 14.6. The van der Waals surface area contributed by atoms with Crippen LogP contribution >= 0.6 is 11.6 Å². The van der Waals surface area contributed by atoms with Gasteiger partial charge in [0.05, 0.1) is 30.6 Å². The fraction of sp³-hybridized carbons (Fsp3) is 0.387. The number of hydrogen-bond acceptors (Lipinski definition) is 6. The van der Waals surface area contributed by atoms with Gasteiger partial charge in [0.2, 0.25) is 5.91 Å². The van der Waals surface area contributed by atoms with Crippen molar-refractivity contribution in [2.24, 2.45) is 10.4 Å². The first-order chi connectivity index (χ1) is 19.5. The third-order valence-corrected chi connectivity index (χ3v) is 8.58. The standard InChI is InChI=1S/C31H33ClN4O5/c1-17(2)41-22-15-30(3,40-6)26-27-31(22,4)28-34-24(18-10-12-20(32)13-11-18)25(19-8-7-9-21(14-19)39-5)36(28)29(38)35(27)16-23(37)33-26/h7-15,17,24-25H,16H2,1-6H3,(H,33,37)/t24-,25+,30?,31?/m1/s1. The summed E-state index contributed by atoms with van der Waals surface area (Å²) in [5.41, 5.74) is 0.838. The van der Waals surface area contributed by atoms with Crippen molar-refractivity contribution in [2.75, 3.05) is 20.8 Å². The molecule has 4 atom stereocenters. The fourth-order valence-electron chi connectivity index (χ4n) is 6.33. The zero-order chi connectivity index (χ0) is 29.3. The summed E-state index contributed by atoms with van der Waals surface area (Å²) < 4.78 is 18.0. The Kier molecular flexibility index (Phi) is 6.43. The summed E-state index contributed by atoms with van der Waals surface area (Å²) >= 11 is 6.25. The van der Waals surface area contributed by atoms with E-state index in [4.69, 9.17) is 30.8 Å². The van der Waals surface area contributed by atoms with Crippen LogP contribution in [0.1, 0.15) is 50.9 Å². The second kappa shape index (κ2) is 9.63. The molecule has 214 valence electrons. The van der Waals surface area contributed by atoms with Gasteiger partial charge in [0.15, 0.2) is 0 Å². The topological polar surface area (TPSA) is 92.7 Å². The van der Waals surface area contributed by atoms with E-state index in [1.165, 1.54) is 0 Å². The molecule has 1 N–H and O–H groups in total. The summed E-state index contributed by atoms with van der Waals surface area (Å²) in [6, 6.07) is 13.9. The van der Waals surface area contributed by atoms with E-state index in [-0.39, 0.29) is 24.6 Å². The highest BCUT2D eigenvalue weighted by Crippen LogP contribution is 2.57. The van der Waals surface area contributed by atoms with Crippen LogP contribution in [0.5, 0.6) is 5.75 Å². The molecule has 2 aromatic rings. The number of nitrogens with zero attached hydrogens (tertiary/aromatic N) is 3. The van der Waals surface area contributed by atoms with Gasteiger partial charge in [0.1, 0.15) is 40.9 Å². The highest BCUT2D eigenvalue weighted by molar-refractivity contribution is 6.30. The first-order valence-electron chi connectivity index (χ1n) is 13.6. The molecule has 1 aliphatic carbocycles. The number of carbonyl (C=O) groups is 2. The number of aliphatic imine (C=N–C) groups is 1. The molecule has 0 spiro atoms. The lowest BCUT2D eigenvalue weighted by Crippen LogP contribution is -2.66. The van der Waals surface area contributed by atoms with Crippen molar-refractivity contribution in [3.63, 3.8) is 0 Å². The van der Waals surface area contributed by atoms with Gasteiger partial charge in [0.25, 0.3) is 0 Å². The van der Waals surface area contributed by atoms with Gasteiger partial charge >= 0.3 is 6.03 Å². The Hall–Kier alpha value is -3.82. The van der Waals surface area contributed by atoms with Crippen LogP contribution in [0.25, 0.3) is 0 Å². The Morgan fingerprint density at radius 1 is 1.07 bits per heavy atom. The largest absolute Gasteiger partial charge is 0.497 e. The van der Waals surface area contributed by atoms with Crippen LogP contribution in [0.15, 0.2) is 76.8 Å². The SMILES string of the molecule is COc1cccc([C@H]2[C@@H](c3ccc(Cl)cc3)N=C3N2C(=O)N2CC(=O)NC4=C2C3(C)C(OC(C)C)=CC4(C)OC)c1. The van der Waals surface area contributed by atoms with E-state index in [0.717, 1.165) is 11.1 Å². The number of rotatable bonds is 6. The Balaban J connectivity index is 1.63. The zero-order valence-electron chi connectivity index (χ0n) is 23.9. The molecular formula is C31H33ClN4O5. The molecule has 41 heavy (non-hydrogen) atoms. The maximum absolute atomic E-state index is 14.6. The molecule has 10 heteroatoms. The van der Waals surface area contributed by atoms with Gasteiger partial charge in [-0.15, -0.1) is 0 Å². The molecule has 0 radical (unpaired) electrons. The highest BCUT2D eigenvalue weighted by atomic mass is 35.5. The van der Waals surface area contributed by atoms with E-state index < -0.39 is 23.1 Å². The van der Waals surface area contributed by atoms with Gasteiger partial charge in [-0.3, -0.25) is 19.6 Å². The summed E-state index contributed by atoms with van der Waals surface area (Å²) in [4.78, 5) is 36.2. The number of fused-ring (bicyclic) bond motifs is 2. The molecule has 6 rings (SSSR count). The lowest BCUT2D eigenvalue weighted by Gasteiger charge is -2.54. The third kappa shape index (κ3) is 4.05. The Bertz CT molecular complexity index is 1530. The van der Waals surface area contributed by atoms with E-state index in [2.05, 4.69) is 5.32 Å². The average Bonchev–Trinajstić information content (AvgIpc) is 3.36. The van der Waals surface area contributed by atoms with E-state index in [1.54, 1.807) is 24.0 Å². The molecule has 0 aromatic heterocycles. The molecule has 9 nitrogen and oxygen atoms in total. The Morgan fingerprint density at radius 3 is 2.46 bits per heavy atom. The van der Waals surface area contributed by atoms with Gasteiger partial charge in [-0.25, -0.2) is 4.79 Å². The van der Waals surface area contributed by atoms with Crippen molar-refractivity contribution in [1.82, 2.24) is 15.1 Å². The molecule has 4 aliphatic rings. The smallest absolute Gasteiger partial charge is 0.330 e. The van der Waals surface area contributed by atoms with Crippen LogP contribution in [-0.4, -0.2) is 60.0 Å². The molecule has 0 saturated carbocycles. The number of nitrogens with one attached hydrogen (secondary N) is 1. The van der Waals surface area contributed by atoms with Crippen molar-refractivity contribution < 1.29 is 23.8 Å². The molecular weight excluding hydrogens is 544 g/mol. The predicted molar refractivity (Wildman–Crippen MR) is 154 cm³/mol. The van der Waals surface area contributed by atoms with Gasteiger partial charge in [-0.05, 0) is 69.2 Å². The summed E-state index contributed by atoms with van der Waals surface area (Å²) in [5, 5.41) is 3.62. The first kappa shape index (κ1) is 27.4. The minimum absolute atomic E-state index is 0.137. The normalized spacial score (nSPS) is 28.7. The van der Waals surface area contributed by atoms with Crippen LogP contribution < -0.4 is 10.1 Å². The highest BCUT2D eigenvalue weighted by Gasteiger charge is 2.63. The van der Waals surface area contributed by atoms with E-state index >= 15 is 0 Å². The van der Waals surface area contributed by atoms with Crippen LogP contribution in [0, 0.1) is 5.41 Å². The van der Waals surface area contributed by atoms with Gasteiger partial charge in [-0.2, -0.15) is 0 Å². The summed E-state index contributed by atoms with van der Waals surface area (Å²) in [6.07, 6.45) is 1.73. The summed E-state index contributed by atoms with van der Waals surface area (Å²) in [7, 11) is 3.18. The first-order valence-corrected chi connectivity index (χ1v) is 14.0. The number of ether oxygens (including phenoxy) is 3. The van der Waals surface area contributed by atoms with Gasteiger partial charge in [-0.1, -0.05) is 35.9 Å². The third-order valence-electron chi connectivity index (χ3n) is 8.33. The van der Waals surface area contributed by atoms with E-state index in [1.807, 2.05) is 82.3 Å². The number of hydrogen-bond donors (Lipinski definition) is 1. The molecule has 3 aliphatic heterocycles. The fourth-order valence-corrected chi connectivity index (χ4v) is 6.45. The number of methoxy groups -OCH3 is 2. The minimum Gasteiger partial charge on any atom is -0.497 e. The van der Waals surface area contributed by atoms with Crippen LogP contribution in [0.4, 0.5) is 4.79 Å². The zero-order valence-corrected chi connectivity index (χ0v) is 24.7. The van der Waals surface area contributed by atoms with E-state index in [0.29, 0.717) is 33.8 Å². The monoisotopic (exact) mass is 576 g/mol. The molecule has 1 saturated heterocycles. The Morgan fingerprint density at radius 2 is 1.80 bits per heavy atom. The number of amides is 3. The van der Waals surface area contributed by atoms with Crippen molar-refractivity contribution in [3.05, 3.63) is 87.9 Å². The number of benzene rings is 2. The van der Waals surface area contributed by atoms with E-state index in [9.17, 15) is 9.59 Å². The molecule has 3 amide bonds. The maximum Gasteiger partial charge on any atom is 0.330 e. The average molecular weight is 577 g/mol. The lowest BCUT2D eigenvalue weighted by atomic mass is 9.71. The quantitative estimate of drug-likeness (QED) is 0.500. The molecule has 2 aromatic carbocycles. The molecule has 1 fully saturated rings. The number of carbonyl (C=O) groups excluding carboxylic acids is 2. The second-order valence-electron chi connectivity index (χ2n) is 11.3. The number of urea groups is 1. The number of amidine groups is 1. The number of halogens is 1. The van der Waals surface area contributed by atoms with Crippen molar-refractivity contribution >= 4 is 29.4 Å². The lowest BCUT2D eigenvalue weighted by molar-refractivity contribution is -0.123.